The molecule has 0 aliphatic carbocycles. The molecule has 0 spiro atoms. The molecule has 0 radical (unpaired) electrons. The van der Waals surface area contributed by atoms with E-state index in [9.17, 15) is 2.74 Å². The van der Waals surface area contributed by atoms with Gasteiger partial charge in [-0.3, -0.25) is 0 Å². The lowest BCUT2D eigenvalue weighted by Crippen LogP contribution is -1.93. The maximum atomic E-state index is 9.46. The van der Waals surface area contributed by atoms with E-state index in [2.05, 4.69) is 0 Å². The minimum Gasteiger partial charge on any atom is -0.456 e. The predicted octanol–water partition coefficient (Wildman–Crippen LogP) is 12.0. The van der Waals surface area contributed by atoms with Crippen molar-refractivity contribution in [1.82, 2.24) is 0 Å². The van der Waals surface area contributed by atoms with Crippen LogP contribution in [0.25, 0.3) is 87.6 Å². The highest BCUT2D eigenvalue weighted by molar-refractivity contribution is 6.27. The first-order valence-electron chi connectivity index (χ1n) is 19.8. The zero-order valence-electron chi connectivity index (χ0n) is 34.5. The third-order valence-electron chi connectivity index (χ3n) is 7.99. The van der Waals surface area contributed by atoms with Gasteiger partial charge in [0.1, 0.15) is 11.2 Å². The number of hydrogen-bond donors (Lipinski definition) is 0. The van der Waals surface area contributed by atoms with Crippen molar-refractivity contribution in [2.45, 2.75) is 0 Å². The maximum absolute atomic E-state index is 9.46. The van der Waals surface area contributed by atoms with Crippen molar-refractivity contribution >= 4 is 54.3 Å². The lowest BCUT2D eigenvalue weighted by atomic mass is 9.82. The molecule has 0 fully saturated rings. The van der Waals surface area contributed by atoms with E-state index >= 15 is 0 Å². The quantitative estimate of drug-likeness (QED) is 0.197. The summed E-state index contributed by atoms with van der Waals surface area (Å²) in [5.74, 6) is 0. The molecular formula is C42H26O. The van der Waals surface area contributed by atoms with Crippen molar-refractivity contribution in [2.24, 2.45) is 0 Å². The molecule has 43 heavy (non-hydrogen) atoms. The van der Waals surface area contributed by atoms with Crippen LogP contribution in [0, 0.1) is 0 Å². The first-order chi connectivity index (χ1) is 26.3. The molecule has 8 aromatic carbocycles. The standard InChI is InChI=1S/C42H26O/c1-2-13-28(14-3-1)31-24-25-38-41(36-20-10-11-21-37(36)43-38)42(31)40-34-18-8-6-16-32(34)39(33-17-7-9-19-35(33)40)30-23-22-27-12-4-5-15-29(27)26-30/h1-26H/i1D,2D,3D,4D,5D,12D,13D,14D,15D,22D,23D,26D. The van der Waals surface area contributed by atoms with Crippen LogP contribution in [0.1, 0.15) is 16.4 Å². The molecule has 9 rings (SSSR count). The molecule has 0 bridgehead atoms. The second-order valence-corrected chi connectivity index (χ2v) is 10.3. The molecule has 1 heteroatoms. The van der Waals surface area contributed by atoms with Crippen molar-refractivity contribution in [3.8, 4) is 33.4 Å². The van der Waals surface area contributed by atoms with Crippen molar-refractivity contribution in [3.63, 3.8) is 0 Å². The highest BCUT2D eigenvalue weighted by Gasteiger charge is 2.23. The number of rotatable bonds is 3. The lowest BCUT2D eigenvalue weighted by molar-refractivity contribution is 0.669. The number of hydrogen-bond acceptors (Lipinski definition) is 1. The van der Waals surface area contributed by atoms with Crippen LogP contribution in [-0.4, -0.2) is 0 Å². The van der Waals surface area contributed by atoms with Gasteiger partial charge in [-0.05, 0) is 78.3 Å². The van der Waals surface area contributed by atoms with E-state index in [0.717, 1.165) is 5.39 Å². The Morgan fingerprint density at radius 2 is 1.02 bits per heavy atom. The summed E-state index contributed by atoms with van der Waals surface area (Å²) in [7, 11) is 0. The van der Waals surface area contributed by atoms with Gasteiger partial charge in [0.05, 0.1) is 16.4 Å². The smallest absolute Gasteiger partial charge is 0.136 e. The molecule has 0 saturated heterocycles. The Bertz CT molecular complexity index is 3100. The van der Waals surface area contributed by atoms with Gasteiger partial charge < -0.3 is 4.42 Å². The summed E-state index contributed by atoms with van der Waals surface area (Å²) in [6.45, 7) is 0. The first-order valence-corrected chi connectivity index (χ1v) is 13.8. The molecule has 200 valence electrons. The van der Waals surface area contributed by atoms with Gasteiger partial charge in [-0.2, -0.15) is 0 Å². The molecule has 0 atom stereocenters. The second-order valence-electron chi connectivity index (χ2n) is 10.3. The van der Waals surface area contributed by atoms with Gasteiger partial charge >= 0.3 is 0 Å². The number of benzene rings is 8. The van der Waals surface area contributed by atoms with Crippen LogP contribution in [0.15, 0.2) is 162 Å². The lowest BCUT2D eigenvalue weighted by Gasteiger charge is -2.20. The summed E-state index contributed by atoms with van der Waals surface area (Å²) in [5.41, 5.74) is 3.11. The highest BCUT2D eigenvalue weighted by atomic mass is 16.3. The maximum Gasteiger partial charge on any atom is 0.136 e. The SMILES string of the molecule is [2H]c1c([2H])c([2H])c(-c2ccc3oc4ccccc4c3c2-c2c3ccccc3c(-c3c([2H])c([2H])c4c([2H])c([2H])c([2H])c([2H])c4c3[2H])c3ccccc23)c([2H])c1[2H]. The number of para-hydroxylation sites is 1. The predicted molar refractivity (Wildman–Crippen MR) is 183 cm³/mol. The van der Waals surface area contributed by atoms with Gasteiger partial charge in [-0.15, -0.1) is 0 Å². The topological polar surface area (TPSA) is 13.1 Å². The number of fused-ring (bicyclic) bond motifs is 6. The average Bonchev–Trinajstić information content (AvgIpc) is 3.58. The van der Waals surface area contributed by atoms with Crippen molar-refractivity contribution < 1.29 is 20.9 Å². The van der Waals surface area contributed by atoms with E-state index in [1.165, 1.54) is 0 Å². The van der Waals surface area contributed by atoms with Crippen LogP contribution < -0.4 is 0 Å². The molecule has 0 saturated carbocycles. The molecule has 0 aliphatic rings. The Kier molecular flexibility index (Phi) is 3.29. The Morgan fingerprint density at radius 1 is 0.419 bits per heavy atom. The molecule has 1 aromatic heterocycles. The molecule has 1 heterocycles. The van der Waals surface area contributed by atoms with E-state index in [0.29, 0.717) is 60.4 Å². The number of furan rings is 1. The summed E-state index contributed by atoms with van der Waals surface area (Å²) in [4.78, 5) is 0. The second kappa shape index (κ2) is 9.44. The fourth-order valence-corrected chi connectivity index (χ4v) is 6.24. The van der Waals surface area contributed by atoms with Crippen molar-refractivity contribution in [2.75, 3.05) is 0 Å². The van der Waals surface area contributed by atoms with E-state index in [1.807, 2.05) is 60.7 Å². The highest BCUT2D eigenvalue weighted by Crippen LogP contribution is 2.50. The van der Waals surface area contributed by atoms with Crippen LogP contribution in [0.4, 0.5) is 0 Å². The van der Waals surface area contributed by atoms with Crippen LogP contribution in [0.5, 0.6) is 0 Å². The van der Waals surface area contributed by atoms with Gasteiger partial charge in [0.2, 0.25) is 0 Å². The summed E-state index contributed by atoms with van der Waals surface area (Å²) < 4.78 is 111. The molecule has 9 aromatic rings. The minimum absolute atomic E-state index is 0.00909. The molecule has 0 aliphatic heterocycles. The van der Waals surface area contributed by atoms with Gasteiger partial charge in [0.25, 0.3) is 0 Å². The normalized spacial score (nSPS) is 15.6. The van der Waals surface area contributed by atoms with E-state index in [-0.39, 0.29) is 46.1 Å². The van der Waals surface area contributed by atoms with Crippen molar-refractivity contribution in [3.05, 3.63) is 157 Å². The van der Waals surface area contributed by atoms with E-state index < -0.39 is 48.3 Å². The Hall–Kier alpha value is -5.66. The van der Waals surface area contributed by atoms with Crippen molar-refractivity contribution in [1.29, 1.82) is 0 Å². The Labute approximate surface area is 266 Å². The van der Waals surface area contributed by atoms with Gasteiger partial charge in [0.15, 0.2) is 0 Å². The fraction of sp³-hybridized carbons (Fsp3) is 0. The monoisotopic (exact) mass is 558 g/mol. The van der Waals surface area contributed by atoms with Crippen LogP contribution in [0.3, 0.4) is 0 Å². The molecule has 1 nitrogen and oxygen atoms in total. The largest absolute Gasteiger partial charge is 0.456 e. The van der Waals surface area contributed by atoms with Gasteiger partial charge in [0, 0.05) is 16.3 Å². The summed E-state index contributed by atoms with van der Waals surface area (Å²) >= 11 is 0. The zero-order chi connectivity index (χ0) is 38.8. The van der Waals surface area contributed by atoms with E-state index in [1.54, 1.807) is 24.3 Å². The van der Waals surface area contributed by atoms with Crippen LogP contribution in [-0.2, 0) is 0 Å². The average molecular weight is 559 g/mol. The molecule has 0 unspecified atom stereocenters. The van der Waals surface area contributed by atoms with Gasteiger partial charge in [-0.1, -0.05) is 139 Å². The first kappa shape index (κ1) is 15.0. The zero-order valence-corrected chi connectivity index (χ0v) is 22.5. The van der Waals surface area contributed by atoms with E-state index in [4.69, 9.17) is 18.1 Å². The molecular weight excluding hydrogens is 520 g/mol. The fourth-order valence-electron chi connectivity index (χ4n) is 6.24. The third-order valence-corrected chi connectivity index (χ3v) is 7.99. The minimum atomic E-state index is -0.548. The Morgan fingerprint density at radius 3 is 1.74 bits per heavy atom. The Balaban J connectivity index is 1.53. The van der Waals surface area contributed by atoms with Crippen LogP contribution >= 0.6 is 0 Å². The van der Waals surface area contributed by atoms with Gasteiger partial charge in [-0.25, -0.2) is 0 Å². The third kappa shape index (κ3) is 3.65. The molecule has 0 amide bonds. The summed E-state index contributed by atoms with van der Waals surface area (Å²) in [5, 5.41) is 3.42. The summed E-state index contributed by atoms with van der Waals surface area (Å²) in [6, 6.07) is 20.2. The molecule has 0 N–H and O–H groups in total. The summed E-state index contributed by atoms with van der Waals surface area (Å²) in [6.07, 6.45) is 0. The van der Waals surface area contributed by atoms with Crippen LogP contribution in [0.2, 0.25) is 0 Å².